The molecule has 0 bridgehead atoms. The third-order valence-electron chi connectivity index (χ3n) is 0. The molecule has 32 valence electrons. The minimum absolute atomic E-state index is 0. The Bertz CT molecular complexity index is 8.00. The molecule has 0 radical (unpaired) electrons. The van der Waals surface area contributed by atoms with Crippen molar-refractivity contribution in [2.75, 3.05) is 0 Å². The van der Waals surface area contributed by atoms with E-state index in [4.69, 9.17) is 0 Å². The molecule has 0 saturated carbocycles. The molecular weight excluding hydrogens is 61.0 g/mol. The van der Waals surface area contributed by atoms with Crippen molar-refractivity contribution in [3.63, 3.8) is 0 Å². The van der Waals surface area contributed by atoms with Gasteiger partial charge < -0.3 is 11.6 Å². The maximum absolute atomic E-state index is 0. The second kappa shape index (κ2) is 434. The number of halogens is 1. The minimum atomic E-state index is 0. The van der Waals surface area contributed by atoms with Gasteiger partial charge in [-0.2, -0.15) is 0 Å². The molecule has 5 N–H and O–H groups in total. The summed E-state index contributed by atoms with van der Waals surface area (Å²) in [5, 5.41) is 0. The Morgan fingerprint density at radius 3 is 1.00 bits per heavy atom. The van der Waals surface area contributed by atoms with Gasteiger partial charge in [-0.3, -0.25) is 4.70 Å². The average molecular weight is 71.1 g/mol. The van der Waals surface area contributed by atoms with Crippen LogP contribution < -0.4 is 6.15 Å². The Balaban J connectivity index is 0. The largest absolute Gasteiger partial charge is 0.412 e. The Morgan fingerprint density at radius 1 is 1.00 bits per heavy atom. The number of hydrogen-bond acceptors (Lipinski definition) is 1. The molecule has 0 spiro atoms. The summed E-state index contributed by atoms with van der Waals surface area (Å²) in [6, 6.07) is 0. The highest BCUT2D eigenvalue weighted by Crippen LogP contribution is 0.420. The summed E-state index contributed by atoms with van der Waals surface area (Å²) in [7, 11) is 0. The summed E-state index contributed by atoms with van der Waals surface area (Å²) >= 11 is 0. The maximum Gasteiger partial charge on any atom is -0.0776 e. The molecule has 0 heterocycles. The molecular formula is CH10FNO. The third kappa shape index (κ3) is 59.4. The van der Waals surface area contributed by atoms with Gasteiger partial charge in [0.25, 0.3) is 0 Å². The lowest BCUT2D eigenvalue weighted by atomic mass is 12.0. The van der Waals surface area contributed by atoms with E-state index in [9.17, 15) is 0 Å². The normalized spacial score (nSPS) is 0. The van der Waals surface area contributed by atoms with Crippen LogP contribution in [0.15, 0.2) is 0 Å². The standard InChI is InChI=1S/CH4.FH.H3N.H2O/h1H4;1H;1H3;1H2. The van der Waals surface area contributed by atoms with Crippen molar-refractivity contribution in [1.29, 1.82) is 0 Å². The fourth-order valence-electron chi connectivity index (χ4n) is 0. The Kier molecular flexibility index (Phi) is 151000. The van der Waals surface area contributed by atoms with Gasteiger partial charge in [-0.05, 0) is 0 Å². The predicted molar refractivity (Wildman–Crippen MR) is 17.9 cm³/mol. The quantitative estimate of drug-likeness (QED) is 0.433. The van der Waals surface area contributed by atoms with Gasteiger partial charge in [0, 0.05) is 0 Å². The van der Waals surface area contributed by atoms with Crippen LogP contribution in [0.4, 0.5) is 4.70 Å². The zero-order chi connectivity index (χ0) is 0. The first-order valence-electron chi connectivity index (χ1n) is 0. The van der Waals surface area contributed by atoms with Crippen LogP contribution in [-0.2, 0) is 0 Å². The molecule has 0 aliphatic rings. The van der Waals surface area contributed by atoms with Gasteiger partial charge in [-0.1, -0.05) is 7.43 Å². The van der Waals surface area contributed by atoms with Gasteiger partial charge in [0.15, 0.2) is 0 Å². The van der Waals surface area contributed by atoms with Gasteiger partial charge >= 0.3 is 0 Å². The molecule has 0 saturated heterocycles. The van der Waals surface area contributed by atoms with E-state index in [2.05, 4.69) is 0 Å². The highest BCUT2D eigenvalue weighted by Gasteiger charge is -0.0775. The number of hydrogen-bond donors (Lipinski definition) is 1. The van der Waals surface area contributed by atoms with Gasteiger partial charge in [-0.25, -0.2) is 0 Å². The van der Waals surface area contributed by atoms with Crippen LogP contribution in [0.3, 0.4) is 0 Å². The first-order valence-corrected chi connectivity index (χ1v) is 0. The second-order valence-electron chi connectivity index (χ2n) is 0. The van der Waals surface area contributed by atoms with Crippen LogP contribution in [0.2, 0.25) is 0 Å². The highest BCUT2D eigenvalue weighted by molar-refractivity contribution is 2.50. The maximum atomic E-state index is 0. The van der Waals surface area contributed by atoms with Crippen molar-refractivity contribution in [3.8, 4) is 0 Å². The molecule has 0 aliphatic heterocycles. The lowest BCUT2D eigenvalue weighted by Gasteiger charge is -0.412. The monoisotopic (exact) mass is 71.1 g/mol. The van der Waals surface area contributed by atoms with Crippen LogP contribution in [-0.4, -0.2) is 5.48 Å². The lowest BCUT2D eigenvalue weighted by Crippen LogP contribution is -0.481. The molecule has 0 aromatic rings. The van der Waals surface area contributed by atoms with E-state index in [0.29, 0.717) is 0 Å². The van der Waals surface area contributed by atoms with E-state index in [0.717, 1.165) is 0 Å². The Labute approximate surface area is 25.1 Å². The topological polar surface area (TPSA) is 66.5 Å². The van der Waals surface area contributed by atoms with Crippen molar-refractivity contribution in [1.82, 2.24) is 6.15 Å². The average Bonchev–Trinajstić information content (AvgIpc) is 0. The van der Waals surface area contributed by atoms with Crippen molar-refractivity contribution in [2.45, 2.75) is 7.43 Å². The van der Waals surface area contributed by atoms with Crippen molar-refractivity contribution >= 4 is 0 Å². The summed E-state index contributed by atoms with van der Waals surface area (Å²) < 4.78 is 0. The fourth-order valence-corrected chi connectivity index (χ4v) is 0. The number of rotatable bonds is 0. The van der Waals surface area contributed by atoms with Gasteiger partial charge in [0.2, 0.25) is 0 Å². The molecule has 0 aromatic heterocycles. The van der Waals surface area contributed by atoms with Crippen molar-refractivity contribution in [3.05, 3.63) is 0 Å². The molecule has 0 fully saturated rings. The van der Waals surface area contributed by atoms with E-state index in [1.807, 2.05) is 0 Å². The lowest BCUT2D eigenvalue weighted by molar-refractivity contribution is 0.824. The van der Waals surface area contributed by atoms with E-state index in [1.54, 1.807) is 0 Å². The third-order valence-corrected chi connectivity index (χ3v) is 0. The van der Waals surface area contributed by atoms with Gasteiger partial charge in [0.05, 0.1) is 0 Å². The molecule has 0 aromatic carbocycles. The molecule has 3 heteroatoms. The summed E-state index contributed by atoms with van der Waals surface area (Å²) in [6.07, 6.45) is 0. The molecule has 0 rings (SSSR count). The predicted octanol–water partition coefficient (Wildman–Crippen LogP) is 0.126. The molecule has 2 nitrogen and oxygen atoms in total. The van der Waals surface area contributed by atoms with E-state index < -0.39 is 0 Å². The van der Waals surface area contributed by atoms with Crippen LogP contribution >= 0.6 is 0 Å². The molecule has 0 unspecified atom stereocenters. The zero-order valence-electron chi connectivity index (χ0n) is 1.62. The fraction of sp³-hybridized carbons (Fsp3) is 1.00. The van der Waals surface area contributed by atoms with E-state index in [-0.39, 0.29) is 23.8 Å². The zero-order valence-corrected chi connectivity index (χ0v) is 1.62. The van der Waals surface area contributed by atoms with E-state index >= 15 is 0 Å². The van der Waals surface area contributed by atoms with Gasteiger partial charge in [0.1, 0.15) is 0 Å². The minimum Gasteiger partial charge on any atom is -0.412 e. The molecule has 4 heavy (non-hydrogen) atoms. The van der Waals surface area contributed by atoms with Crippen molar-refractivity contribution in [2.24, 2.45) is 0 Å². The molecule has 0 aliphatic carbocycles. The summed E-state index contributed by atoms with van der Waals surface area (Å²) in [5.74, 6) is 0. The van der Waals surface area contributed by atoms with Crippen LogP contribution in [0.5, 0.6) is 0 Å². The summed E-state index contributed by atoms with van der Waals surface area (Å²) in [6.45, 7) is 0. The smallest absolute Gasteiger partial charge is 0.0776 e. The second-order valence-corrected chi connectivity index (χ2v) is 0. The van der Waals surface area contributed by atoms with E-state index in [1.165, 1.54) is 0 Å². The SMILES string of the molecule is C.F.N.O. The van der Waals surface area contributed by atoms with Crippen LogP contribution in [0.25, 0.3) is 0 Å². The first-order chi connectivity index (χ1) is 0. The van der Waals surface area contributed by atoms with Crippen LogP contribution in [0.1, 0.15) is 7.43 Å². The summed E-state index contributed by atoms with van der Waals surface area (Å²) in [4.78, 5) is 0. The Hall–Kier alpha value is -0.150. The van der Waals surface area contributed by atoms with Crippen LogP contribution in [0, 0.1) is 0 Å². The molecule has 0 amide bonds. The Morgan fingerprint density at radius 2 is 1.00 bits per heavy atom. The highest BCUT2D eigenvalue weighted by atomic mass is 19.0. The first kappa shape index (κ1) is 1390. The molecule has 0 atom stereocenters. The van der Waals surface area contributed by atoms with Crippen molar-refractivity contribution < 1.29 is 10.2 Å². The van der Waals surface area contributed by atoms with Gasteiger partial charge in [-0.15, -0.1) is 0 Å². The summed E-state index contributed by atoms with van der Waals surface area (Å²) in [5.41, 5.74) is 0.